The van der Waals surface area contributed by atoms with Crippen LogP contribution in [0.4, 0.5) is 0 Å². The molecule has 2 rings (SSSR count). The van der Waals surface area contributed by atoms with Gasteiger partial charge in [-0.1, -0.05) is 0 Å². The van der Waals surface area contributed by atoms with Gasteiger partial charge in [0.2, 0.25) is 5.88 Å². The molecular weight excluding hydrogens is 411 g/mol. The third kappa shape index (κ3) is 2.97. The van der Waals surface area contributed by atoms with Crippen LogP contribution in [0.2, 0.25) is 0 Å². The minimum absolute atomic E-state index is 0.351. The molecule has 0 aliphatic heterocycles. The summed E-state index contributed by atoms with van der Waals surface area (Å²) in [6.07, 6.45) is 0. The Balaban J connectivity index is 2.43. The topological polar surface area (TPSA) is 36.3 Å². The Morgan fingerprint density at radius 1 is 1.25 bits per heavy atom. The number of aromatic nitrogens is 2. The number of alkyl halides is 1. The van der Waals surface area contributed by atoms with Crippen molar-refractivity contribution in [2.75, 3.05) is 7.11 Å². The highest BCUT2D eigenvalue weighted by Crippen LogP contribution is 2.39. The standard InChI is InChI=1S/C13H13Br2ClN2O2/c1-7-8(6-16)13(18(2)17-7)20-12-5-9(14)11(19-3)4-10(12)15/h4-5H,6H2,1-3H3. The molecule has 1 aromatic carbocycles. The molecule has 7 heteroatoms. The van der Waals surface area contributed by atoms with E-state index in [1.165, 1.54) is 0 Å². The van der Waals surface area contributed by atoms with Crippen molar-refractivity contribution in [1.82, 2.24) is 9.78 Å². The van der Waals surface area contributed by atoms with Crippen molar-refractivity contribution in [1.29, 1.82) is 0 Å². The van der Waals surface area contributed by atoms with Gasteiger partial charge >= 0.3 is 0 Å². The van der Waals surface area contributed by atoms with Crippen LogP contribution in [0.3, 0.4) is 0 Å². The normalized spacial score (nSPS) is 10.7. The van der Waals surface area contributed by atoms with Gasteiger partial charge in [-0.25, -0.2) is 4.68 Å². The van der Waals surface area contributed by atoms with E-state index < -0.39 is 0 Å². The van der Waals surface area contributed by atoms with Crippen LogP contribution in [0.1, 0.15) is 11.3 Å². The van der Waals surface area contributed by atoms with E-state index in [9.17, 15) is 0 Å². The first-order valence-corrected chi connectivity index (χ1v) is 7.89. The lowest BCUT2D eigenvalue weighted by Gasteiger charge is -2.12. The molecule has 0 unspecified atom stereocenters. The zero-order valence-corrected chi connectivity index (χ0v) is 15.1. The van der Waals surface area contributed by atoms with Crippen LogP contribution in [-0.4, -0.2) is 16.9 Å². The molecule has 108 valence electrons. The quantitative estimate of drug-likeness (QED) is 0.662. The number of halogens is 3. The summed E-state index contributed by atoms with van der Waals surface area (Å²) < 4.78 is 14.5. The average Bonchev–Trinajstić information content (AvgIpc) is 2.67. The summed E-state index contributed by atoms with van der Waals surface area (Å²) in [5, 5.41) is 4.32. The maximum Gasteiger partial charge on any atom is 0.222 e. The van der Waals surface area contributed by atoms with Crippen molar-refractivity contribution < 1.29 is 9.47 Å². The number of benzene rings is 1. The van der Waals surface area contributed by atoms with Crippen molar-refractivity contribution >= 4 is 43.5 Å². The first kappa shape index (κ1) is 15.7. The van der Waals surface area contributed by atoms with Crippen molar-refractivity contribution in [2.24, 2.45) is 7.05 Å². The number of ether oxygens (including phenoxy) is 2. The van der Waals surface area contributed by atoms with E-state index in [2.05, 4.69) is 37.0 Å². The highest BCUT2D eigenvalue weighted by molar-refractivity contribution is 9.11. The Kier molecular flexibility index (Phi) is 4.99. The summed E-state index contributed by atoms with van der Waals surface area (Å²) >= 11 is 12.9. The SMILES string of the molecule is COc1cc(Br)c(Oc2c(CCl)c(C)nn2C)cc1Br. The maximum absolute atomic E-state index is 5.96. The van der Waals surface area contributed by atoms with Crippen LogP contribution in [0.5, 0.6) is 17.4 Å². The van der Waals surface area contributed by atoms with Gasteiger partial charge in [0, 0.05) is 7.05 Å². The molecule has 1 aromatic heterocycles. The van der Waals surface area contributed by atoms with Gasteiger partial charge in [0.25, 0.3) is 0 Å². The molecule has 0 amide bonds. The average molecular weight is 425 g/mol. The van der Waals surface area contributed by atoms with Crippen LogP contribution in [0, 0.1) is 6.92 Å². The fourth-order valence-electron chi connectivity index (χ4n) is 1.81. The minimum atomic E-state index is 0.351. The molecule has 0 fully saturated rings. The minimum Gasteiger partial charge on any atom is -0.496 e. The van der Waals surface area contributed by atoms with Crippen LogP contribution < -0.4 is 9.47 Å². The van der Waals surface area contributed by atoms with Crippen molar-refractivity contribution in [3.8, 4) is 17.4 Å². The fourth-order valence-corrected chi connectivity index (χ4v) is 3.01. The highest BCUT2D eigenvalue weighted by Gasteiger charge is 2.17. The molecule has 0 radical (unpaired) electrons. The maximum atomic E-state index is 5.96. The van der Waals surface area contributed by atoms with Gasteiger partial charge < -0.3 is 9.47 Å². The molecular formula is C13H13Br2ClN2O2. The van der Waals surface area contributed by atoms with Gasteiger partial charge in [-0.3, -0.25) is 0 Å². The molecule has 0 saturated carbocycles. The predicted molar refractivity (Wildman–Crippen MR) is 86.0 cm³/mol. The van der Waals surface area contributed by atoms with E-state index in [4.69, 9.17) is 21.1 Å². The molecule has 1 heterocycles. The zero-order chi connectivity index (χ0) is 14.9. The second-order valence-corrected chi connectivity index (χ2v) is 6.12. The lowest BCUT2D eigenvalue weighted by molar-refractivity contribution is 0.404. The summed E-state index contributed by atoms with van der Waals surface area (Å²) in [5.74, 6) is 2.37. The van der Waals surface area contributed by atoms with E-state index in [1.54, 1.807) is 11.8 Å². The van der Waals surface area contributed by atoms with Crippen LogP contribution >= 0.6 is 43.5 Å². The Hall–Kier alpha value is -0.720. The van der Waals surface area contributed by atoms with E-state index in [0.717, 1.165) is 26.0 Å². The number of hydrogen-bond donors (Lipinski definition) is 0. The number of hydrogen-bond acceptors (Lipinski definition) is 3. The zero-order valence-electron chi connectivity index (χ0n) is 11.2. The predicted octanol–water partition coefficient (Wildman–Crippen LogP) is 4.79. The number of methoxy groups -OCH3 is 1. The van der Waals surface area contributed by atoms with Crippen molar-refractivity contribution in [3.63, 3.8) is 0 Å². The first-order chi connectivity index (χ1) is 9.47. The van der Waals surface area contributed by atoms with Gasteiger partial charge in [-0.05, 0) is 50.9 Å². The third-order valence-electron chi connectivity index (χ3n) is 2.84. The molecule has 0 saturated heterocycles. The molecule has 0 aliphatic rings. The number of rotatable bonds is 4. The van der Waals surface area contributed by atoms with Crippen LogP contribution in [0.25, 0.3) is 0 Å². The Bertz CT molecular complexity index is 644. The Morgan fingerprint density at radius 3 is 2.45 bits per heavy atom. The van der Waals surface area contributed by atoms with Crippen LogP contribution in [-0.2, 0) is 12.9 Å². The van der Waals surface area contributed by atoms with Crippen LogP contribution in [0.15, 0.2) is 21.1 Å². The second kappa shape index (κ2) is 6.37. The van der Waals surface area contributed by atoms with Gasteiger partial charge in [0.1, 0.15) is 11.5 Å². The van der Waals surface area contributed by atoms with E-state index in [1.807, 2.05) is 26.1 Å². The summed E-state index contributed by atoms with van der Waals surface area (Å²) in [6.45, 7) is 1.91. The summed E-state index contributed by atoms with van der Waals surface area (Å²) in [7, 11) is 3.44. The van der Waals surface area contributed by atoms with Gasteiger partial charge in [0.05, 0.1) is 33.2 Å². The van der Waals surface area contributed by atoms with E-state index in [-0.39, 0.29) is 0 Å². The van der Waals surface area contributed by atoms with Gasteiger partial charge in [-0.15, -0.1) is 11.6 Å². The van der Waals surface area contributed by atoms with Gasteiger partial charge in [0.15, 0.2) is 0 Å². The monoisotopic (exact) mass is 422 g/mol. The van der Waals surface area contributed by atoms with E-state index in [0.29, 0.717) is 17.5 Å². The number of aryl methyl sites for hydroxylation is 2. The first-order valence-electron chi connectivity index (χ1n) is 5.77. The largest absolute Gasteiger partial charge is 0.496 e. The molecule has 0 bridgehead atoms. The summed E-state index contributed by atoms with van der Waals surface area (Å²) in [6, 6.07) is 3.67. The molecule has 0 spiro atoms. The smallest absolute Gasteiger partial charge is 0.222 e. The van der Waals surface area contributed by atoms with Crippen molar-refractivity contribution in [2.45, 2.75) is 12.8 Å². The molecule has 0 aliphatic carbocycles. The van der Waals surface area contributed by atoms with Crippen molar-refractivity contribution in [3.05, 3.63) is 32.3 Å². The molecule has 20 heavy (non-hydrogen) atoms. The second-order valence-electron chi connectivity index (χ2n) is 4.15. The Morgan fingerprint density at radius 2 is 1.85 bits per heavy atom. The molecule has 2 aromatic rings. The highest BCUT2D eigenvalue weighted by atomic mass is 79.9. The third-order valence-corrected chi connectivity index (χ3v) is 4.34. The van der Waals surface area contributed by atoms with Gasteiger partial charge in [-0.2, -0.15) is 5.10 Å². The molecule has 0 atom stereocenters. The summed E-state index contributed by atoms with van der Waals surface area (Å²) in [4.78, 5) is 0. The lowest BCUT2D eigenvalue weighted by Crippen LogP contribution is -1.97. The Labute approximate surface area is 139 Å². The molecule has 4 nitrogen and oxygen atoms in total. The number of nitrogens with zero attached hydrogens (tertiary/aromatic N) is 2. The lowest BCUT2D eigenvalue weighted by atomic mass is 10.3. The molecule has 0 N–H and O–H groups in total. The fraction of sp³-hybridized carbons (Fsp3) is 0.308. The van der Waals surface area contributed by atoms with E-state index >= 15 is 0 Å². The summed E-state index contributed by atoms with van der Waals surface area (Å²) in [5.41, 5.74) is 1.74.